The van der Waals surface area contributed by atoms with Crippen LogP contribution < -0.4 is 10.1 Å². The molecule has 3 atom stereocenters. The summed E-state index contributed by atoms with van der Waals surface area (Å²) in [5, 5.41) is 22.8. The van der Waals surface area contributed by atoms with Crippen molar-refractivity contribution in [1.82, 2.24) is 19.9 Å². The van der Waals surface area contributed by atoms with Crippen LogP contribution in [-0.4, -0.2) is 75.4 Å². The second-order valence-corrected chi connectivity index (χ2v) is 13.8. The maximum atomic E-state index is 13.3. The van der Waals surface area contributed by atoms with Crippen molar-refractivity contribution < 1.29 is 36.9 Å². The van der Waals surface area contributed by atoms with Gasteiger partial charge in [0, 0.05) is 25.4 Å². The van der Waals surface area contributed by atoms with Gasteiger partial charge in [0.2, 0.25) is 0 Å². The molecule has 2 heterocycles. The van der Waals surface area contributed by atoms with E-state index in [1.807, 2.05) is 20.8 Å². The number of aliphatic hydroxyl groups excluding tert-OH is 1. The second-order valence-electron chi connectivity index (χ2n) is 11.2. The summed E-state index contributed by atoms with van der Waals surface area (Å²) >= 11 is 6.52. The molecule has 0 radical (unpaired) electrons. The molecule has 2 aromatic heterocycles. The molecule has 1 fully saturated rings. The number of ether oxygens (including phenoxy) is 1. The minimum absolute atomic E-state index is 0.0479. The molecule has 3 rings (SSSR count). The average Bonchev–Trinajstić information content (AvgIpc) is 3.13. The first-order valence-corrected chi connectivity index (χ1v) is 14.9. The summed E-state index contributed by atoms with van der Waals surface area (Å²) in [6.07, 6.45) is 1.95. The Morgan fingerprint density at radius 1 is 1.38 bits per heavy atom. The summed E-state index contributed by atoms with van der Waals surface area (Å²) < 4.78 is 56.3. The molecular weight excluding hydrogens is 558 g/mol. The molecule has 39 heavy (non-hydrogen) atoms. The lowest BCUT2D eigenvalue weighted by Gasteiger charge is -2.39. The lowest BCUT2D eigenvalue weighted by molar-refractivity contribution is -0.0950. The van der Waals surface area contributed by atoms with E-state index in [4.69, 9.17) is 16.3 Å². The number of halogens is 3. The van der Waals surface area contributed by atoms with Gasteiger partial charge in [-0.05, 0) is 42.7 Å². The minimum Gasteiger partial charge on any atom is -0.431 e. The number of rotatable bonds is 9. The van der Waals surface area contributed by atoms with Gasteiger partial charge in [0.1, 0.15) is 26.4 Å². The quantitative estimate of drug-likeness (QED) is 0.403. The molecular formula is C25H35ClF2N4O6S. The average molecular weight is 593 g/mol. The van der Waals surface area contributed by atoms with Crippen molar-refractivity contribution in [2.75, 3.05) is 12.8 Å². The molecule has 3 N–H and O–H groups in total. The number of aryl methyl sites for hydroxylation is 1. The van der Waals surface area contributed by atoms with E-state index >= 15 is 0 Å². The van der Waals surface area contributed by atoms with Crippen LogP contribution in [0.25, 0.3) is 5.82 Å². The zero-order valence-corrected chi connectivity index (χ0v) is 24.1. The van der Waals surface area contributed by atoms with E-state index in [1.54, 1.807) is 6.92 Å². The molecule has 0 aliphatic heterocycles. The van der Waals surface area contributed by atoms with Crippen LogP contribution >= 0.6 is 11.6 Å². The molecule has 0 bridgehead atoms. The zero-order chi connectivity index (χ0) is 29.3. The lowest BCUT2D eigenvalue weighted by atomic mass is 9.82. The van der Waals surface area contributed by atoms with Gasteiger partial charge in [0.05, 0.1) is 11.4 Å². The van der Waals surface area contributed by atoms with Gasteiger partial charge in [0.15, 0.2) is 17.3 Å². The van der Waals surface area contributed by atoms with Crippen LogP contribution in [0, 0.1) is 5.41 Å². The first kappa shape index (κ1) is 31.2. The third kappa shape index (κ3) is 7.44. The number of pyridine rings is 1. The highest BCUT2D eigenvalue weighted by Crippen LogP contribution is 2.34. The third-order valence-electron chi connectivity index (χ3n) is 6.64. The number of hydrogen-bond acceptors (Lipinski definition) is 8. The fourth-order valence-corrected chi connectivity index (χ4v) is 6.04. The van der Waals surface area contributed by atoms with Gasteiger partial charge >= 0.3 is 6.61 Å². The summed E-state index contributed by atoms with van der Waals surface area (Å²) in [6, 6.07) is 1.46. The first-order valence-electron chi connectivity index (χ1n) is 12.5. The lowest BCUT2D eigenvalue weighted by Crippen LogP contribution is -2.56. The fraction of sp³-hybridized carbons (Fsp3) is 0.640. The van der Waals surface area contributed by atoms with Crippen LogP contribution in [0.5, 0.6) is 5.75 Å². The summed E-state index contributed by atoms with van der Waals surface area (Å²) in [5.74, 6) is -0.810. The molecule has 1 saturated carbocycles. The molecule has 1 aliphatic carbocycles. The van der Waals surface area contributed by atoms with E-state index < -0.39 is 39.3 Å². The highest BCUT2D eigenvalue weighted by Gasteiger charge is 2.44. The van der Waals surface area contributed by atoms with Gasteiger partial charge in [-0.2, -0.15) is 8.78 Å². The number of imidazole rings is 1. The van der Waals surface area contributed by atoms with Gasteiger partial charge in [-0.1, -0.05) is 39.3 Å². The Labute approximate surface area is 231 Å². The van der Waals surface area contributed by atoms with Gasteiger partial charge in [-0.15, -0.1) is 0 Å². The van der Waals surface area contributed by atoms with Crippen molar-refractivity contribution in [2.45, 2.75) is 83.4 Å². The van der Waals surface area contributed by atoms with E-state index in [1.165, 1.54) is 16.8 Å². The number of nitrogens with zero attached hydrogens (tertiary/aromatic N) is 3. The van der Waals surface area contributed by atoms with Crippen LogP contribution in [-0.2, 0) is 22.7 Å². The standard InChI is InChI=1S/C25H35ClF2N4O6S/c1-6-18-31-19(22(34)30-13-25(35)8-7-15(10-17(25)33)39(5,36)37)20(26)32(18)21-16(38-23(27)28)9-14(12-29-21)11-24(2,3)4/h9,12,15,17,23,33,35H,6-8,10-11,13H2,1-5H3,(H,30,34)/t15-,17-,25-/m0/s1. The first-order chi connectivity index (χ1) is 17.9. The predicted octanol–water partition coefficient (Wildman–Crippen LogP) is 3.09. The highest BCUT2D eigenvalue weighted by molar-refractivity contribution is 7.91. The smallest absolute Gasteiger partial charge is 0.387 e. The van der Waals surface area contributed by atoms with Crippen molar-refractivity contribution >= 4 is 27.3 Å². The van der Waals surface area contributed by atoms with Crippen LogP contribution in [0.4, 0.5) is 8.78 Å². The Bertz CT molecular complexity index is 1310. The number of nitrogens with one attached hydrogen (secondary N) is 1. The number of aliphatic hydroxyl groups is 2. The van der Waals surface area contributed by atoms with Gasteiger partial charge in [-0.25, -0.2) is 18.4 Å². The normalized spacial score (nSPS) is 22.2. The number of amides is 1. The summed E-state index contributed by atoms with van der Waals surface area (Å²) in [6.45, 7) is 4.21. The molecule has 1 amide bonds. The molecule has 14 heteroatoms. The van der Waals surface area contributed by atoms with Crippen molar-refractivity contribution in [1.29, 1.82) is 0 Å². The van der Waals surface area contributed by atoms with E-state index in [-0.39, 0.29) is 65.9 Å². The fourth-order valence-electron chi connectivity index (χ4n) is 4.65. The molecule has 0 spiro atoms. The van der Waals surface area contributed by atoms with Crippen LogP contribution in [0.3, 0.4) is 0 Å². The SMILES string of the molecule is CCc1nc(C(=O)NC[C@@]2(O)CC[C@H](S(C)(=O)=O)C[C@@H]2O)c(Cl)n1-c1ncc(CC(C)(C)C)cc1OC(F)F. The maximum absolute atomic E-state index is 13.3. The number of carbonyl (C=O) groups is 1. The van der Waals surface area contributed by atoms with Crippen LogP contribution in [0.1, 0.15) is 68.8 Å². The molecule has 0 aromatic carbocycles. The summed E-state index contributed by atoms with van der Waals surface area (Å²) in [5.41, 5.74) is -1.45. The maximum Gasteiger partial charge on any atom is 0.387 e. The Morgan fingerprint density at radius 3 is 2.59 bits per heavy atom. The second kappa shape index (κ2) is 11.6. The number of aromatic nitrogens is 3. The highest BCUT2D eigenvalue weighted by atomic mass is 35.5. The van der Waals surface area contributed by atoms with Crippen molar-refractivity contribution in [3.8, 4) is 11.6 Å². The van der Waals surface area contributed by atoms with Gasteiger partial charge in [-0.3, -0.25) is 9.36 Å². The zero-order valence-electron chi connectivity index (χ0n) is 22.5. The predicted molar refractivity (Wildman–Crippen MR) is 141 cm³/mol. The topological polar surface area (TPSA) is 144 Å². The molecule has 1 aliphatic rings. The summed E-state index contributed by atoms with van der Waals surface area (Å²) in [7, 11) is -3.40. The number of carbonyl (C=O) groups excluding carboxylic acids is 1. The van der Waals surface area contributed by atoms with Crippen LogP contribution in [0.15, 0.2) is 12.3 Å². The van der Waals surface area contributed by atoms with Gasteiger partial charge in [0.25, 0.3) is 5.91 Å². The Balaban J connectivity index is 1.88. The van der Waals surface area contributed by atoms with Crippen molar-refractivity contribution in [3.05, 3.63) is 34.5 Å². The largest absolute Gasteiger partial charge is 0.431 e. The number of alkyl halides is 2. The molecule has 2 aromatic rings. The Kier molecular flexibility index (Phi) is 9.30. The number of sulfone groups is 1. The molecule has 10 nitrogen and oxygen atoms in total. The Hall–Kier alpha value is -2.35. The Morgan fingerprint density at radius 2 is 2.05 bits per heavy atom. The van der Waals surface area contributed by atoms with E-state index in [2.05, 4.69) is 15.3 Å². The third-order valence-corrected chi connectivity index (χ3v) is 8.63. The van der Waals surface area contributed by atoms with Crippen molar-refractivity contribution in [2.24, 2.45) is 5.41 Å². The van der Waals surface area contributed by atoms with E-state index in [0.717, 1.165) is 6.26 Å². The monoisotopic (exact) mass is 592 g/mol. The molecule has 218 valence electrons. The van der Waals surface area contributed by atoms with E-state index in [0.29, 0.717) is 12.0 Å². The number of hydrogen-bond donors (Lipinski definition) is 3. The molecule has 0 saturated heterocycles. The summed E-state index contributed by atoms with van der Waals surface area (Å²) in [4.78, 5) is 21.6. The molecule has 0 unspecified atom stereocenters. The van der Waals surface area contributed by atoms with Crippen LogP contribution in [0.2, 0.25) is 5.15 Å². The van der Waals surface area contributed by atoms with Gasteiger partial charge < -0.3 is 20.3 Å². The van der Waals surface area contributed by atoms with E-state index in [9.17, 15) is 32.2 Å². The van der Waals surface area contributed by atoms with Crippen molar-refractivity contribution in [3.63, 3.8) is 0 Å². The minimum atomic E-state index is -3.40.